The number of nitrogens with zero attached hydrogens (tertiary/aromatic N) is 2. The molecule has 1 heterocycles. The molecule has 0 spiro atoms. The largest absolute Gasteiger partial charge is 0.479 e. The summed E-state index contributed by atoms with van der Waals surface area (Å²) in [6, 6.07) is 7.38. The van der Waals surface area contributed by atoms with Gasteiger partial charge in [-0.15, -0.1) is 0 Å². The third kappa shape index (κ3) is 2.61. The van der Waals surface area contributed by atoms with Crippen molar-refractivity contribution in [2.45, 2.75) is 32.9 Å². The predicted molar refractivity (Wildman–Crippen MR) is 76.8 cm³/mol. The Morgan fingerprint density at radius 2 is 2.05 bits per heavy atom. The van der Waals surface area contributed by atoms with Crippen LogP contribution in [-0.4, -0.2) is 42.5 Å². The average Bonchev–Trinajstić information content (AvgIpc) is 2.42. The Bertz CT molecular complexity index is 528. The zero-order chi connectivity index (χ0) is 14.9. The Morgan fingerprint density at radius 1 is 1.40 bits per heavy atom. The first-order valence-corrected chi connectivity index (χ1v) is 6.74. The van der Waals surface area contributed by atoms with Crippen LogP contribution in [0.3, 0.4) is 0 Å². The number of amides is 2. The van der Waals surface area contributed by atoms with E-state index in [1.165, 1.54) is 4.90 Å². The maximum atomic E-state index is 12.2. The van der Waals surface area contributed by atoms with Gasteiger partial charge in [0, 0.05) is 13.1 Å². The van der Waals surface area contributed by atoms with Crippen molar-refractivity contribution < 1.29 is 14.3 Å². The molecule has 0 fully saturated rings. The minimum atomic E-state index is -0.568. The zero-order valence-corrected chi connectivity index (χ0v) is 12.3. The number of hydrogen-bond acceptors (Lipinski definition) is 3. The molecule has 1 aliphatic rings. The fourth-order valence-corrected chi connectivity index (χ4v) is 2.06. The number of ether oxygens (including phenoxy) is 1. The minimum Gasteiger partial charge on any atom is -0.479 e. The summed E-state index contributed by atoms with van der Waals surface area (Å²) >= 11 is 0. The number of para-hydroxylation sites is 2. The van der Waals surface area contributed by atoms with Gasteiger partial charge in [0.05, 0.1) is 5.69 Å². The van der Waals surface area contributed by atoms with Crippen molar-refractivity contribution in [3.8, 4) is 5.75 Å². The van der Waals surface area contributed by atoms with Crippen molar-refractivity contribution in [1.82, 2.24) is 4.90 Å². The average molecular weight is 276 g/mol. The first-order chi connectivity index (χ1) is 9.41. The lowest BCUT2D eigenvalue weighted by Gasteiger charge is -2.34. The molecule has 1 unspecified atom stereocenters. The molecule has 0 aromatic heterocycles. The predicted octanol–water partition coefficient (Wildman–Crippen LogP) is 1.67. The van der Waals surface area contributed by atoms with Gasteiger partial charge in [-0.1, -0.05) is 12.1 Å². The number of carbonyl (C=O) groups excluding carboxylic acids is 2. The highest BCUT2D eigenvalue weighted by Gasteiger charge is 2.33. The second kappa shape index (κ2) is 5.53. The Balaban J connectivity index is 2.26. The van der Waals surface area contributed by atoms with Gasteiger partial charge in [-0.05, 0) is 32.9 Å². The molecule has 5 nitrogen and oxygen atoms in total. The monoisotopic (exact) mass is 276 g/mol. The first-order valence-electron chi connectivity index (χ1n) is 6.74. The summed E-state index contributed by atoms with van der Waals surface area (Å²) in [5.41, 5.74) is 0.654. The summed E-state index contributed by atoms with van der Waals surface area (Å²) in [6.07, 6.45) is -0.568. The van der Waals surface area contributed by atoms with E-state index in [2.05, 4.69) is 0 Å². The van der Waals surface area contributed by atoms with E-state index in [0.717, 1.165) is 0 Å². The number of anilines is 1. The van der Waals surface area contributed by atoms with E-state index in [4.69, 9.17) is 4.74 Å². The van der Waals surface area contributed by atoms with Crippen LogP contribution in [0.5, 0.6) is 5.75 Å². The lowest BCUT2D eigenvalue weighted by atomic mass is 10.2. The van der Waals surface area contributed by atoms with Crippen molar-refractivity contribution in [2.75, 3.05) is 18.5 Å². The van der Waals surface area contributed by atoms with Crippen molar-refractivity contribution in [3.05, 3.63) is 24.3 Å². The molecule has 1 atom stereocenters. The quantitative estimate of drug-likeness (QED) is 0.843. The summed E-state index contributed by atoms with van der Waals surface area (Å²) < 4.78 is 5.55. The van der Waals surface area contributed by atoms with Gasteiger partial charge < -0.3 is 9.64 Å². The molecule has 0 aliphatic carbocycles. The Labute approximate surface area is 119 Å². The van der Waals surface area contributed by atoms with E-state index < -0.39 is 6.10 Å². The van der Waals surface area contributed by atoms with Gasteiger partial charge in [-0.2, -0.15) is 0 Å². The van der Waals surface area contributed by atoms with E-state index in [0.29, 0.717) is 11.4 Å². The fraction of sp³-hybridized carbons (Fsp3) is 0.467. The maximum absolute atomic E-state index is 12.2. The van der Waals surface area contributed by atoms with Crippen LogP contribution in [0.2, 0.25) is 0 Å². The molecule has 0 N–H and O–H groups in total. The first kappa shape index (κ1) is 14.4. The summed E-state index contributed by atoms with van der Waals surface area (Å²) in [7, 11) is 1.74. The van der Waals surface area contributed by atoms with Crippen LogP contribution in [0, 0.1) is 0 Å². The molecule has 2 amide bonds. The Kier molecular flexibility index (Phi) is 3.97. The topological polar surface area (TPSA) is 49.9 Å². The molecule has 20 heavy (non-hydrogen) atoms. The second-order valence-corrected chi connectivity index (χ2v) is 5.25. The summed E-state index contributed by atoms with van der Waals surface area (Å²) in [5.74, 6) is 0.367. The van der Waals surface area contributed by atoms with Gasteiger partial charge in [0.25, 0.3) is 5.91 Å². The maximum Gasteiger partial charge on any atom is 0.268 e. The van der Waals surface area contributed by atoms with Gasteiger partial charge in [-0.3, -0.25) is 14.5 Å². The number of hydrogen-bond donors (Lipinski definition) is 0. The summed E-state index contributed by atoms with van der Waals surface area (Å²) in [6.45, 7) is 5.62. The number of carbonyl (C=O) groups is 2. The summed E-state index contributed by atoms with van der Waals surface area (Å²) in [4.78, 5) is 27.6. The SMILES string of the molecule is CC1Oc2ccccc2N(CC(=O)N(C)C(C)C)C1=O. The number of benzene rings is 1. The van der Waals surface area contributed by atoms with Crippen LogP contribution in [0.4, 0.5) is 5.69 Å². The van der Waals surface area contributed by atoms with Gasteiger partial charge in [0.2, 0.25) is 5.91 Å². The van der Waals surface area contributed by atoms with Gasteiger partial charge in [0.15, 0.2) is 6.10 Å². The smallest absolute Gasteiger partial charge is 0.268 e. The van der Waals surface area contributed by atoms with Crippen molar-refractivity contribution >= 4 is 17.5 Å². The molecule has 0 saturated heterocycles. The van der Waals surface area contributed by atoms with Crippen LogP contribution < -0.4 is 9.64 Å². The number of rotatable bonds is 3. The van der Waals surface area contributed by atoms with Gasteiger partial charge in [-0.25, -0.2) is 0 Å². The van der Waals surface area contributed by atoms with Gasteiger partial charge in [0.1, 0.15) is 12.3 Å². The zero-order valence-electron chi connectivity index (χ0n) is 12.3. The van der Waals surface area contributed by atoms with Crippen LogP contribution in [-0.2, 0) is 9.59 Å². The highest BCUT2D eigenvalue weighted by Crippen LogP contribution is 2.33. The summed E-state index contributed by atoms with van der Waals surface area (Å²) in [5, 5.41) is 0. The molecule has 108 valence electrons. The molecule has 0 bridgehead atoms. The molecule has 1 aliphatic heterocycles. The normalized spacial score (nSPS) is 17.8. The molecular weight excluding hydrogens is 256 g/mol. The molecule has 0 radical (unpaired) electrons. The van der Waals surface area contributed by atoms with E-state index in [9.17, 15) is 9.59 Å². The van der Waals surface area contributed by atoms with E-state index in [1.807, 2.05) is 32.0 Å². The third-order valence-corrected chi connectivity index (χ3v) is 3.53. The van der Waals surface area contributed by atoms with E-state index in [-0.39, 0.29) is 24.4 Å². The molecule has 5 heteroatoms. The lowest BCUT2D eigenvalue weighted by Crippen LogP contribution is -2.49. The molecule has 0 saturated carbocycles. The lowest BCUT2D eigenvalue weighted by molar-refractivity contribution is -0.133. The Morgan fingerprint density at radius 3 is 2.70 bits per heavy atom. The van der Waals surface area contributed by atoms with E-state index >= 15 is 0 Å². The van der Waals surface area contributed by atoms with Crippen LogP contribution in [0.15, 0.2) is 24.3 Å². The number of likely N-dealkylation sites (N-methyl/N-ethyl adjacent to an activating group) is 1. The van der Waals surface area contributed by atoms with E-state index in [1.54, 1.807) is 24.9 Å². The molecular formula is C15H20N2O3. The number of fused-ring (bicyclic) bond motifs is 1. The highest BCUT2D eigenvalue weighted by molar-refractivity contribution is 6.03. The minimum absolute atomic E-state index is 0.0399. The molecule has 1 aromatic carbocycles. The van der Waals surface area contributed by atoms with Crippen molar-refractivity contribution in [1.29, 1.82) is 0 Å². The second-order valence-electron chi connectivity index (χ2n) is 5.25. The third-order valence-electron chi connectivity index (χ3n) is 3.53. The van der Waals surface area contributed by atoms with Gasteiger partial charge >= 0.3 is 0 Å². The van der Waals surface area contributed by atoms with Crippen LogP contribution >= 0.6 is 0 Å². The highest BCUT2D eigenvalue weighted by atomic mass is 16.5. The Hall–Kier alpha value is -2.04. The molecule has 2 rings (SSSR count). The van der Waals surface area contributed by atoms with Crippen LogP contribution in [0.1, 0.15) is 20.8 Å². The van der Waals surface area contributed by atoms with Crippen molar-refractivity contribution in [2.24, 2.45) is 0 Å². The van der Waals surface area contributed by atoms with Crippen LogP contribution in [0.25, 0.3) is 0 Å². The van der Waals surface area contributed by atoms with Crippen molar-refractivity contribution in [3.63, 3.8) is 0 Å². The fourth-order valence-electron chi connectivity index (χ4n) is 2.06. The molecule has 1 aromatic rings. The standard InChI is InChI=1S/C15H20N2O3/c1-10(2)16(4)14(18)9-17-12-7-5-6-8-13(12)20-11(3)15(17)19/h5-8,10-11H,9H2,1-4H3.